The van der Waals surface area contributed by atoms with Crippen LogP contribution in [0.4, 0.5) is 0 Å². The molecule has 1 unspecified atom stereocenters. The van der Waals surface area contributed by atoms with Gasteiger partial charge in [0.05, 0.1) is 25.6 Å². The van der Waals surface area contributed by atoms with E-state index in [4.69, 9.17) is 10.00 Å². The highest BCUT2D eigenvalue weighted by Gasteiger charge is 2.19. The van der Waals surface area contributed by atoms with Gasteiger partial charge in [-0.1, -0.05) is 13.8 Å². The lowest BCUT2D eigenvalue weighted by Gasteiger charge is -2.28. The van der Waals surface area contributed by atoms with Crippen molar-refractivity contribution in [1.29, 1.82) is 5.26 Å². The molecule has 92 valence electrons. The maximum absolute atomic E-state index is 11.4. The van der Waals surface area contributed by atoms with Crippen molar-refractivity contribution in [2.24, 2.45) is 0 Å². The van der Waals surface area contributed by atoms with Crippen LogP contribution >= 0.6 is 0 Å². The molecule has 0 fully saturated rings. The average Bonchev–Trinajstić information content (AvgIpc) is 2.25. The predicted octanol–water partition coefficient (Wildman–Crippen LogP) is 1.95. The normalized spacial score (nSPS) is 12.2. The van der Waals surface area contributed by atoms with Gasteiger partial charge in [-0.25, -0.2) is 0 Å². The summed E-state index contributed by atoms with van der Waals surface area (Å²) in [4.78, 5) is 13.4. The number of esters is 1. The summed E-state index contributed by atoms with van der Waals surface area (Å²) in [5.74, 6) is -0.202. The molecule has 0 aromatic heterocycles. The summed E-state index contributed by atoms with van der Waals surface area (Å²) in [6.07, 6.45) is 2.32. The lowest BCUT2D eigenvalue weighted by molar-refractivity contribution is -0.145. The van der Waals surface area contributed by atoms with Gasteiger partial charge in [-0.3, -0.25) is 9.69 Å². The third-order valence-corrected chi connectivity index (χ3v) is 2.46. The van der Waals surface area contributed by atoms with Crippen LogP contribution in [0.1, 0.15) is 40.0 Å². The number of hydrogen-bond donors (Lipinski definition) is 0. The third kappa shape index (κ3) is 5.72. The number of nitrogens with zero attached hydrogens (tertiary/aromatic N) is 2. The Balaban J connectivity index is 4.33. The average molecular weight is 226 g/mol. The molecule has 0 aliphatic carbocycles. The van der Waals surface area contributed by atoms with E-state index in [9.17, 15) is 4.79 Å². The van der Waals surface area contributed by atoms with Crippen molar-refractivity contribution in [2.75, 3.05) is 19.7 Å². The first-order valence-corrected chi connectivity index (χ1v) is 5.96. The zero-order valence-corrected chi connectivity index (χ0v) is 10.5. The van der Waals surface area contributed by atoms with Gasteiger partial charge < -0.3 is 4.74 Å². The van der Waals surface area contributed by atoms with Crippen LogP contribution in [0.5, 0.6) is 0 Å². The molecule has 0 aliphatic rings. The lowest BCUT2D eigenvalue weighted by atomic mass is 10.1. The fourth-order valence-corrected chi connectivity index (χ4v) is 1.69. The minimum Gasteiger partial charge on any atom is -0.465 e. The molecule has 0 saturated carbocycles. The zero-order chi connectivity index (χ0) is 12.4. The molecule has 0 aliphatic heterocycles. The number of ether oxygens (including phenoxy) is 1. The van der Waals surface area contributed by atoms with Crippen molar-refractivity contribution in [3.05, 3.63) is 0 Å². The molecule has 0 aromatic carbocycles. The Morgan fingerprint density at radius 2 is 2.12 bits per heavy atom. The first-order chi connectivity index (χ1) is 7.69. The SMILES string of the molecule is CCCN(CC(=O)OCC)C(CC)CC#N. The third-order valence-electron chi connectivity index (χ3n) is 2.46. The summed E-state index contributed by atoms with van der Waals surface area (Å²) in [6, 6.07) is 2.33. The van der Waals surface area contributed by atoms with Crippen LogP contribution in [0.25, 0.3) is 0 Å². The van der Waals surface area contributed by atoms with Crippen molar-refractivity contribution < 1.29 is 9.53 Å². The number of carbonyl (C=O) groups excluding carboxylic acids is 1. The molecule has 0 N–H and O–H groups in total. The van der Waals surface area contributed by atoms with Gasteiger partial charge in [-0.2, -0.15) is 5.26 Å². The molecule has 0 rings (SSSR count). The maximum Gasteiger partial charge on any atom is 0.320 e. The standard InChI is InChI=1S/C12H22N2O2/c1-4-9-14(10-12(15)16-6-3)11(5-2)7-8-13/h11H,4-7,9-10H2,1-3H3. The summed E-state index contributed by atoms with van der Waals surface area (Å²) < 4.78 is 4.93. The number of carbonyl (C=O) groups is 1. The summed E-state index contributed by atoms with van der Waals surface area (Å²) in [5.41, 5.74) is 0. The Kier molecular flexibility index (Phi) is 8.55. The second-order valence-electron chi connectivity index (χ2n) is 3.70. The molecule has 4 nitrogen and oxygen atoms in total. The second-order valence-corrected chi connectivity index (χ2v) is 3.70. The number of nitriles is 1. The minimum atomic E-state index is -0.202. The van der Waals surface area contributed by atoms with Crippen LogP contribution in [0.2, 0.25) is 0 Å². The molecule has 0 spiro atoms. The van der Waals surface area contributed by atoms with Crippen LogP contribution < -0.4 is 0 Å². The van der Waals surface area contributed by atoms with Crippen molar-refractivity contribution in [3.8, 4) is 6.07 Å². The van der Waals surface area contributed by atoms with E-state index in [0.29, 0.717) is 19.6 Å². The monoisotopic (exact) mass is 226 g/mol. The smallest absolute Gasteiger partial charge is 0.320 e. The van der Waals surface area contributed by atoms with Crippen LogP contribution in [-0.2, 0) is 9.53 Å². The van der Waals surface area contributed by atoms with Crippen LogP contribution in [-0.4, -0.2) is 36.6 Å². The summed E-state index contributed by atoms with van der Waals surface area (Å²) >= 11 is 0. The van der Waals surface area contributed by atoms with E-state index >= 15 is 0 Å². The fourth-order valence-electron chi connectivity index (χ4n) is 1.69. The van der Waals surface area contributed by atoms with Crippen LogP contribution in [0.3, 0.4) is 0 Å². The topological polar surface area (TPSA) is 53.3 Å². The number of rotatable bonds is 8. The van der Waals surface area contributed by atoms with E-state index in [-0.39, 0.29) is 12.0 Å². The second kappa shape index (κ2) is 9.17. The van der Waals surface area contributed by atoms with E-state index in [0.717, 1.165) is 19.4 Å². The number of hydrogen-bond acceptors (Lipinski definition) is 4. The molecule has 0 radical (unpaired) electrons. The molecule has 0 heterocycles. The maximum atomic E-state index is 11.4. The van der Waals surface area contributed by atoms with Gasteiger partial charge in [0, 0.05) is 6.04 Å². The summed E-state index contributed by atoms with van der Waals surface area (Å²) in [6.45, 7) is 7.44. The molecular formula is C12H22N2O2. The molecule has 1 atom stereocenters. The van der Waals surface area contributed by atoms with Crippen molar-refractivity contribution in [3.63, 3.8) is 0 Å². The molecule has 0 saturated heterocycles. The van der Waals surface area contributed by atoms with E-state index in [1.807, 2.05) is 11.8 Å². The van der Waals surface area contributed by atoms with Gasteiger partial charge in [0.1, 0.15) is 0 Å². The minimum absolute atomic E-state index is 0.161. The Morgan fingerprint density at radius 1 is 1.44 bits per heavy atom. The summed E-state index contributed by atoms with van der Waals surface area (Å²) in [5, 5.41) is 8.73. The van der Waals surface area contributed by atoms with E-state index in [2.05, 4.69) is 13.0 Å². The zero-order valence-electron chi connectivity index (χ0n) is 10.5. The van der Waals surface area contributed by atoms with Gasteiger partial charge in [0.25, 0.3) is 0 Å². The lowest BCUT2D eigenvalue weighted by Crippen LogP contribution is -2.39. The van der Waals surface area contributed by atoms with E-state index in [1.165, 1.54) is 0 Å². The van der Waals surface area contributed by atoms with Crippen LogP contribution in [0, 0.1) is 11.3 Å². The van der Waals surface area contributed by atoms with Gasteiger partial charge in [0.2, 0.25) is 0 Å². The Labute approximate surface area is 98.2 Å². The van der Waals surface area contributed by atoms with Gasteiger partial charge in [0.15, 0.2) is 0 Å². The Bertz CT molecular complexity index is 236. The van der Waals surface area contributed by atoms with Crippen molar-refractivity contribution in [2.45, 2.75) is 46.1 Å². The first kappa shape index (κ1) is 14.9. The molecule has 0 aromatic rings. The molecule has 16 heavy (non-hydrogen) atoms. The highest BCUT2D eigenvalue weighted by Crippen LogP contribution is 2.09. The molecule has 4 heteroatoms. The van der Waals surface area contributed by atoms with Crippen molar-refractivity contribution in [1.82, 2.24) is 4.90 Å². The van der Waals surface area contributed by atoms with Gasteiger partial charge in [-0.15, -0.1) is 0 Å². The van der Waals surface area contributed by atoms with E-state index in [1.54, 1.807) is 6.92 Å². The van der Waals surface area contributed by atoms with Gasteiger partial charge in [-0.05, 0) is 26.3 Å². The van der Waals surface area contributed by atoms with Crippen LogP contribution in [0.15, 0.2) is 0 Å². The largest absolute Gasteiger partial charge is 0.465 e. The predicted molar refractivity (Wildman–Crippen MR) is 62.8 cm³/mol. The fraction of sp³-hybridized carbons (Fsp3) is 0.833. The molecule has 0 bridgehead atoms. The quantitative estimate of drug-likeness (QED) is 0.594. The highest BCUT2D eigenvalue weighted by molar-refractivity contribution is 5.71. The Morgan fingerprint density at radius 3 is 2.56 bits per heavy atom. The van der Waals surface area contributed by atoms with E-state index < -0.39 is 0 Å². The molecular weight excluding hydrogens is 204 g/mol. The molecule has 0 amide bonds. The van der Waals surface area contributed by atoms with Crippen molar-refractivity contribution >= 4 is 5.97 Å². The summed E-state index contributed by atoms with van der Waals surface area (Å²) in [7, 11) is 0. The first-order valence-electron chi connectivity index (χ1n) is 5.96. The highest BCUT2D eigenvalue weighted by atomic mass is 16.5. The van der Waals surface area contributed by atoms with Gasteiger partial charge >= 0.3 is 5.97 Å². The Hall–Kier alpha value is -1.08.